The predicted octanol–water partition coefficient (Wildman–Crippen LogP) is 18.4. The van der Waals surface area contributed by atoms with Gasteiger partial charge in [0.1, 0.15) is 13.2 Å². The topological polar surface area (TPSA) is 105 Å². The second-order valence-electron chi connectivity index (χ2n) is 22.4. The number of hydrogen-bond acceptors (Lipinski definition) is 5. The van der Waals surface area contributed by atoms with E-state index in [0.717, 1.165) is 38.5 Å². The van der Waals surface area contributed by atoms with Crippen molar-refractivity contribution in [3.8, 4) is 0 Å². The van der Waals surface area contributed by atoms with Gasteiger partial charge in [0.05, 0.1) is 39.9 Å². The van der Waals surface area contributed by atoms with Gasteiger partial charge < -0.3 is 19.8 Å². The number of quaternary nitrogens is 1. The van der Waals surface area contributed by atoms with Gasteiger partial charge in [-0.3, -0.25) is 13.8 Å². The number of rotatable bonds is 57. The van der Waals surface area contributed by atoms with E-state index in [0.29, 0.717) is 23.9 Å². The van der Waals surface area contributed by atoms with Crippen LogP contribution in [0.5, 0.6) is 0 Å². The third-order valence-electron chi connectivity index (χ3n) is 14.4. The second-order valence-corrected chi connectivity index (χ2v) is 23.9. The molecule has 8 nitrogen and oxygen atoms in total. The number of aliphatic hydroxyl groups excluding tert-OH is 1. The maximum absolute atomic E-state index is 12.9. The van der Waals surface area contributed by atoms with Crippen molar-refractivity contribution in [2.24, 2.45) is 0 Å². The Labute approximate surface area is 425 Å². The van der Waals surface area contributed by atoms with Crippen molar-refractivity contribution >= 4 is 13.7 Å². The number of unbranched alkanes of at least 4 members (excludes halogenated alkanes) is 44. The monoisotopic (exact) mass is 986 g/mol. The zero-order chi connectivity index (χ0) is 49.9. The lowest BCUT2D eigenvalue weighted by Gasteiger charge is -2.26. The average Bonchev–Trinajstić information content (AvgIpc) is 3.30. The molecule has 0 aliphatic rings. The first-order valence-electron chi connectivity index (χ1n) is 30.4. The molecule has 0 bridgehead atoms. The molecule has 0 aromatic heterocycles. The quantitative estimate of drug-likeness (QED) is 0.0319. The Kier molecular flexibility index (Phi) is 51.0. The van der Waals surface area contributed by atoms with Gasteiger partial charge in [-0.15, -0.1) is 0 Å². The van der Waals surface area contributed by atoms with E-state index < -0.39 is 20.0 Å². The van der Waals surface area contributed by atoms with Gasteiger partial charge in [-0.2, -0.15) is 0 Å². The number of phosphoric ester groups is 1. The molecule has 0 saturated carbocycles. The molecule has 68 heavy (non-hydrogen) atoms. The largest absolute Gasteiger partial charge is 0.472 e. The first-order chi connectivity index (χ1) is 33.0. The summed E-state index contributed by atoms with van der Waals surface area (Å²) in [5, 5.41) is 13.8. The molecule has 408 valence electrons. The third-order valence-corrected chi connectivity index (χ3v) is 15.3. The van der Waals surface area contributed by atoms with Crippen LogP contribution < -0.4 is 5.32 Å². The number of nitrogens with one attached hydrogen (secondary N) is 1. The number of nitrogens with zero attached hydrogens (tertiary/aromatic N) is 1. The third kappa shape index (κ3) is 53.3. The molecule has 3 unspecified atom stereocenters. The molecular formula is C59H122N2O6P+. The smallest absolute Gasteiger partial charge is 0.391 e. The fourth-order valence-corrected chi connectivity index (χ4v) is 10.3. The van der Waals surface area contributed by atoms with Crippen molar-refractivity contribution < 1.29 is 32.9 Å². The summed E-state index contributed by atoms with van der Waals surface area (Å²) in [5.74, 6) is -0.143. The van der Waals surface area contributed by atoms with Crippen LogP contribution in [0.1, 0.15) is 322 Å². The lowest BCUT2D eigenvalue weighted by atomic mass is 10.0. The Bertz CT molecular complexity index is 1070. The number of carbonyl (C=O) groups is 1. The highest BCUT2D eigenvalue weighted by atomic mass is 31.2. The molecule has 0 aliphatic heterocycles. The van der Waals surface area contributed by atoms with E-state index in [4.69, 9.17) is 9.05 Å². The molecule has 0 aliphatic carbocycles. The summed E-state index contributed by atoms with van der Waals surface area (Å²) in [4.78, 5) is 23.1. The molecule has 0 spiro atoms. The Morgan fingerprint density at radius 2 is 0.706 bits per heavy atom. The molecule has 0 heterocycles. The van der Waals surface area contributed by atoms with Gasteiger partial charge >= 0.3 is 7.82 Å². The molecule has 0 aromatic carbocycles. The summed E-state index contributed by atoms with van der Waals surface area (Å²) in [6.45, 7) is 4.86. The van der Waals surface area contributed by atoms with E-state index in [2.05, 4.69) is 19.2 Å². The van der Waals surface area contributed by atoms with Crippen molar-refractivity contribution in [3.63, 3.8) is 0 Å². The Hall–Kier alpha value is -0.500. The summed E-state index contributed by atoms with van der Waals surface area (Å²) in [5.41, 5.74) is 0. The summed E-state index contributed by atoms with van der Waals surface area (Å²) in [7, 11) is 1.63. The lowest BCUT2D eigenvalue weighted by molar-refractivity contribution is -0.870. The minimum Gasteiger partial charge on any atom is -0.391 e. The number of likely N-dealkylation sites (N-methyl/N-ethyl adjacent to an activating group) is 1. The van der Waals surface area contributed by atoms with Gasteiger partial charge in [-0.25, -0.2) is 4.57 Å². The van der Waals surface area contributed by atoms with E-state index >= 15 is 0 Å². The van der Waals surface area contributed by atoms with Crippen molar-refractivity contribution in [1.82, 2.24) is 5.32 Å². The minimum absolute atomic E-state index is 0.0778. The predicted molar refractivity (Wildman–Crippen MR) is 296 cm³/mol. The van der Waals surface area contributed by atoms with Crippen LogP contribution >= 0.6 is 7.82 Å². The fourth-order valence-electron chi connectivity index (χ4n) is 9.58. The van der Waals surface area contributed by atoms with Crippen molar-refractivity contribution in [1.29, 1.82) is 0 Å². The SMILES string of the molecule is CCCCCCCCCCCCCCCCCCCCCCCCCCCCCCCCCCCCCCCCCCC(=O)NC(COP(=O)(O)OCC[N+](C)(C)C)C(O)CCCCCCCC. The normalized spacial score (nSPS) is 13.8. The van der Waals surface area contributed by atoms with Gasteiger partial charge in [0.25, 0.3) is 0 Å². The van der Waals surface area contributed by atoms with E-state index in [1.54, 1.807) is 0 Å². The van der Waals surface area contributed by atoms with Crippen LogP contribution in [-0.4, -0.2) is 73.4 Å². The van der Waals surface area contributed by atoms with Crippen molar-refractivity contribution in [2.75, 3.05) is 40.9 Å². The first kappa shape index (κ1) is 67.5. The molecule has 0 radical (unpaired) electrons. The number of hydrogen-bond donors (Lipinski definition) is 3. The van der Waals surface area contributed by atoms with Gasteiger partial charge in [0, 0.05) is 6.42 Å². The highest BCUT2D eigenvalue weighted by Gasteiger charge is 2.28. The highest BCUT2D eigenvalue weighted by Crippen LogP contribution is 2.43. The van der Waals surface area contributed by atoms with E-state index in [-0.39, 0.29) is 19.1 Å². The van der Waals surface area contributed by atoms with Crippen molar-refractivity contribution in [3.05, 3.63) is 0 Å². The summed E-state index contributed by atoms with van der Waals surface area (Å²) >= 11 is 0. The maximum atomic E-state index is 12.9. The van der Waals surface area contributed by atoms with Crippen LogP contribution in [-0.2, 0) is 18.4 Å². The summed E-state index contributed by atoms with van der Waals surface area (Å²) in [6.07, 6.45) is 62.6. The van der Waals surface area contributed by atoms with Gasteiger partial charge in [-0.1, -0.05) is 303 Å². The average molecular weight is 987 g/mol. The first-order valence-corrected chi connectivity index (χ1v) is 31.9. The second kappa shape index (κ2) is 51.4. The Morgan fingerprint density at radius 1 is 0.441 bits per heavy atom. The lowest BCUT2D eigenvalue weighted by Crippen LogP contribution is -2.46. The van der Waals surface area contributed by atoms with Crippen LogP contribution in [0.4, 0.5) is 0 Å². The number of carbonyl (C=O) groups excluding carboxylic acids is 1. The molecule has 0 saturated heterocycles. The number of aliphatic hydroxyl groups is 1. The zero-order valence-corrected chi connectivity index (χ0v) is 47.5. The standard InChI is InChI=1S/C59H121N2O6P/c1-6-8-10-12-14-15-16-17-18-19-20-21-22-23-24-25-26-27-28-29-30-31-32-33-34-35-36-37-38-39-40-41-42-43-44-45-46-47-49-51-53-59(63)60-57(58(62)52-50-48-13-11-9-7-2)56-67-68(64,65)66-55-54-61(3,4)5/h57-58,62H,6-56H2,1-5H3,(H-,60,63,64,65)/p+1. The molecular weight excluding hydrogens is 864 g/mol. The van der Waals surface area contributed by atoms with Crippen LogP contribution in [0, 0.1) is 0 Å². The minimum atomic E-state index is -4.30. The maximum Gasteiger partial charge on any atom is 0.472 e. The molecule has 0 aromatic rings. The number of phosphoric acid groups is 1. The van der Waals surface area contributed by atoms with Gasteiger partial charge in [0.15, 0.2) is 0 Å². The van der Waals surface area contributed by atoms with Crippen LogP contribution in [0.3, 0.4) is 0 Å². The molecule has 9 heteroatoms. The van der Waals surface area contributed by atoms with E-state index in [9.17, 15) is 19.4 Å². The zero-order valence-electron chi connectivity index (χ0n) is 46.6. The Morgan fingerprint density at radius 3 is 0.985 bits per heavy atom. The van der Waals surface area contributed by atoms with Crippen LogP contribution in [0.25, 0.3) is 0 Å². The van der Waals surface area contributed by atoms with Crippen LogP contribution in [0.15, 0.2) is 0 Å². The van der Waals surface area contributed by atoms with E-state index in [1.807, 2.05) is 21.1 Å². The fraction of sp³-hybridized carbons (Fsp3) is 0.983. The van der Waals surface area contributed by atoms with Crippen molar-refractivity contribution in [2.45, 2.75) is 334 Å². The molecule has 3 atom stereocenters. The van der Waals surface area contributed by atoms with Gasteiger partial charge in [0.2, 0.25) is 5.91 Å². The van der Waals surface area contributed by atoms with Gasteiger partial charge in [-0.05, 0) is 12.8 Å². The van der Waals surface area contributed by atoms with Crippen LogP contribution in [0.2, 0.25) is 0 Å². The molecule has 0 rings (SSSR count). The van der Waals surface area contributed by atoms with E-state index in [1.165, 1.54) is 257 Å². The Balaban J connectivity index is 3.62. The summed E-state index contributed by atoms with van der Waals surface area (Å²) in [6, 6.07) is -0.752. The summed E-state index contributed by atoms with van der Waals surface area (Å²) < 4.78 is 23.6. The molecule has 1 amide bonds. The number of amides is 1. The molecule has 0 fully saturated rings. The highest BCUT2D eigenvalue weighted by molar-refractivity contribution is 7.47. The molecule has 3 N–H and O–H groups in total.